The third-order valence-corrected chi connectivity index (χ3v) is 3.24. The summed E-state index contributed by atoms with van der Waals surface area (Å²) in [4.78, 5) is 16.2. The summed E-state index contributed by atoms with van der Waals surface area (Å²) in [6.45, 7) is 2.71. The number of hydrogen-bond donors (Lipinski definition) is 2. The van der Waals surface area contributed by atoms with Crippen molar-refractivity contribution >= 4 is 22.9 Å². The number of aromatic nitrogens is 1. The second-order valence-corrected chi connectivity index (χ2v) is 4.74. The van der Waals surface area contributed by atoms with Crippen LogP contribution in [0.3, 0.4) is 0 Å². The molecule has 1 heterocycles. The molecule has 5 nitrogen and oxygen atoms in total. The molecule has 0 spiro atoms. The molecule has 1 aromatic carbocycles. The molecule has 6 heteroatoms. The van der Waals surface area contributed by atoms with Gasteiger partial charge in [-0.15, -0.1) is 11.3 Å². The van der Waals surface area contributed by atoms with Crippen molar-refractivity contribution < 1.29 is 9.53 Å². The van der Waals surface area contributed by atoms with Gasteiger partial charge in [-0.3, -0.25) is 4.79 Å². The molecule has 0 atom stereocenters. The van der Waals surface area contributed by atoms with E-state index in [0.29, 0.717) is 30.2 Å². The number of nitrogens with zero attached hydrogens (tertiary/aromatic N) is 1. The van der Waals surface area contributed by atoms with E-state index in [1.165, 1.54) is 11.3 Å². The summed E-state index contributed by atoms with van der Waals surface area (Å²) in [6.07, 6.45) is 1.71. The lowest BCUT2D eigenvalue weighted by Crippen LogP contribution is -2.23. The van der Waals surface area contributed by atoms with Crippen molar-refractivity contribution in [1.29, 1.82) is 0 Å². The minimum Gasteiger partial charge on any atom is -0.491 e. The van der Waals surface area contributed by atoms with Gasteiger partial charge >= 0.3 is 0 Å². The van der Waals surface area contributed by atoms with Gasteiger partial charge in [0.25, 0.3) is 5.91 Å². The van der Waals surface area contributed by atoms with Gasteiger partial charge in [0.2, 0.25) is 0 Å². The van der Waals surface area contributed by atoms with Crippen LogP contribution in [0, 0.1) is 0 Å². The van der Waals surface area contributed by atoms with Crippen molar-refractivity contribution in [3.05, 3.63) is 40.3 Å². The van der Waals surface area contributed by atoms with Crippen LogP contribution in [0.15, 0.2) is 29.8 Å². The summed E-state index contributed by atoms with van der Waals surface area (Å²) in [5, 5.41) is 5.53. The second kappa shape index (κ2) is 6.19. The van der Waals surface area contributed by atoms with Crippen LogP contribution >= 0.6 is 11.3 Å². The number of ether oxygens (including phenoxy) is 1. The number of carbonyl (C=O) groups is 1. The topological polar surface area (TPSA) is 77.2 Å². The number of hydrogen-bond acceptors (Lipinski definition) is 5. The van der Waals surface area contributed by atoms with Gasteiger partial charge in [0.15, 0.2) is 5.75 Å². The number of para-hydroxylation sites is 1. The van der Waals surface area contributed by atoms with Crippen LogP contribution in [0.4, 0.5) is 5.69 Å². The quantitative estimate of drug-likeness (QED) is 0.820. The lowest BCUT2D eigenvalue weighted by Gasteiger charge is -2.12. The lowest BCUT2D eigenvalue weighted by molar-refractivity contribution is 0.0947. The van der Waals surface area contributed by atoms with Gasteiger partial charge in [-0.05, 0) is 19.1 Å². The number of benzene rings is 1. The Morgan fingerprint density at radius 3 is 3.05 bits per heavy atom. The first kappa shape index (κ1) is 13.4. The predicted molar refractivity (Wildman–Crippen MR) is 75.3 cm³/mol. The molecule has 0 radical (unpaired) electrons. The molecule has 1 aromatic heterocycles. The zero-order valence-electron chi connectivity index (χ0n) is 10.6. The van der Waals surface area contributed by atoms with Gasteiger partial charge in [-0.1, -0.05) is 6.07 Å². The maximum atomic E-state index is 12.1. The second-order valence-electron chi connectivity index (χ2n) is 3.77. The number of amides is 1. The first-order chi connectivity index (χ1) is 9.22. The Hall–Kier alpha value is -2.08. The molecule has 0 unspecified atom stereocenters. The normalized spacial score (nSPS) is 10.2. The fourth-order valence-electron chi connectivity index (χ4n) is 1.63. The number of thiazole rings is 1. The molecule has 100 valence electrons. The number of rotatable bonds is 5. The average molecular weight is 277 g/mol. The minimum absolute atomic E-state index is 0.217. The van der Waals surface area contributed by atoms with Crippen LogP contribution in [0.1, 0.15) is 22.3 Å². The SMILES string of the molecule is CCOc1c(N)cccc1C(=O)NCc1nccs1. The Morgan fingerprint density at radius 2 is 2.37 bits per heavy atom. The maximum Gasteiger partial charge on any atom is 0.255 e. The van der Waals surface area contributed by atoms with E-state index in [1.807, 2.05) is 12.3 Å². The average Bonchev–Trinajstić information content (AvgIpc) is 2.92. The van der Waals surface area contributed by atoms with E-state index in [-0.39, 0.29) is 5.91 Å². The molecule has 3 N–H and O–H groups in total. The number of nitrogens with one attached hydrogen (secondary N) is 1. The molecular formula is C13H15N3O2S. The van der Waals surface area contributed by atoms with Gasteiger partial charge < -0.3 is 15.8 Å². The summed E-state index contributed by atoms with van der Waals surface area (Å²) in [6, 6.07) is 5.14. The summed E-state index contributed by atoms with van der Waals surface area (Å²) in [5.41, 5.74) is 6.73. The molecule has 0 saturated carbocycles. The van der Waals surface area contributed by atoms with Gasteiger partial charge in [0, 0.05) is 11.6 Å². The van der Waals surface area contributed by atoms with Crippen LogP contribution in [-0.2, 0) is 6.54 Å². The van der Waals surface area contributed by atoms with E-state index in [1.54, 1.807) is 24.4 Å². The number of nitrogen functional groups attached to an aromatic ring is 1. The number of carbonyl (C=O) groups excluding carboxylic acids is 1. The Bertz CT molecular complexity index is 555. The first-order valence-electron chi connectivity index (χ1n) is 5.90. The third kappa shape index (κ3) is 3.23. The molecule has 0 saturated heterocycles. The Labute approximate surface area is 115 Å². The van der Waals surface area contributed by atoms with Crippen molar-refractivity contribution in [1.82, 2.24) is 10.3 Å². The van der Waals surface area contributed by atoms with Crippen LogP contribution in [0.25, 0.3) is 0 Å². The summed E-state index contributed by atoms with van der Waals surface area (Å²) >= 11 is 1.50. The largest absolute Gasteiger partial charge is 0.491 e. The smallest absolute Gasteiger partial charge is 0.255 e. The van der Waals surface area contributed by atoms with Crippen molar-refractivity contribution in [2.24, 2.45) is 0 Å². The molecule has 0 aliphatic heterocycles. The molecule has 0 aliphatic rings. The zero-order valence-corrected chi connectivity index (χ0v) is 11.4. The highest BCUT2D eigenvalue weighted by Gasteiger charge is 2.14. The molecule has 2 aromatic rings. The van der Waals surface area contributed by atoms with Crippen molar-refractivity contribution in [2.75, 3.05) is 12.3 Å². The van der Waals surface area contributed by atoms with Crippen LogP contribution in [0.5, 0.6) is 5.75 Å². The van der Waals surface area contributed by atoms with Crippen molar-refractivity contribution in [2.45, 2.75) is 13.5 Å². The van der Waals surface area contributed by atoms with Crippen molar-refractivity contribution in [3.8, 4) is 5.75 Å². The highest BCUT2D eigenvalue weighted by atomic mass is 32.1. The molecule has 0 bridgehead atoms. The predicted octanol–water partition coefficient (Wildman–Crippen LogP) is 2.05. The highest BCUT2D eigenvalue weighted by molar-refractivity contribution is 7.09. The van der Waals surface area contributed by atoms with Crippen molar-refractivity contribution in [3.63, 3.8) is 0 Å². The van der Waals surface area contributed by atoms with Gasteiger partial charge in [0.1, 0.15) is 5.01 Å². The minimum atomic E-state index is -0.217. The summed E-state index contributed by atoms with van der Waals surface area (Å²) < 4.78 is 5.43. The molecule has 19 heavy (non-hydrogen) atoms. The first-order valence-corrected chi connectivity index (χ1v) is 6.78. The fraction of sp³-hybridized carbons (Fsp3) is 0.231. The van der Waals surface area contributed by atoms with Crippen LogP contribution in [0.2, 0.25) is 0 Å². The Morgan fingerprint density at radius 1 is 1.53 bits per heavy atom. The number of anilines is 1. The standard InChI is InChI=1S/C13H15N3O2S/c1-2-18-12-9(4-3-5-10(12)14)13(17)16-8-11-15-6-7-19-11/h3-7H,2,8,14H2,1H3,(H,16,17). The maximum absolute atomic E-state index is 12.1. The molecule has 0 aliphatic carbocycles. The van der Waals surface area contributed by atoms with E-state index in [2.05, 4.69) is 10.3 Å². The lowest BCUT2D eigenvalue weighted by atomic mass is 10.1. The monoisotopic (exact) mass is 277 g/mol. The summed E-state index contributed by atoms with van der Waals surface area (Å²) in [7, 11) is 0. The fourth-order valence-corrected chi connectivity index (χ4v) is 2.19. The van der Waals surface area contributed by atoms with E-state index in [0.717, 1.165) is 5.01 Å². The van der Waals surface area contributed by atoms with Gasteiger partial charge in [-0.25, -0.2) is 4.98 Å². The van der Waals surface area contributed by atoms with E-state index >= 15 is 0 Å². The molecule has 0 fully saturated rings. The molecular weight excluding hydrogens is 262 g/mol. The van der Waals surface area contributed by atoms with E-state index in [9.17, 15) is 4.79 Å². The highest BCUT2D eigenvalue weighted by Crippen LogP contribution is 2.26. The molecule has 1 amide bonds. The Balaban J connectivity index is 2.12. The molecule has 2 rings (SSSR count). The third-order valence-electron chi connectivity index (χ3n) is 2.46. The van der Waals surface area contributed by atoms with Crippen LogP contribution < -0.4 is 15.8 Å². The Kier molecular flexibility index (Phi) is 4.35. The van der Waals surface area contributed by atoms with Gasteiger partial charge in [0.05, 0.1) is 24.4 Å². The number of nitrogens with two attached hydrogens (primary N) is 1. The zero-order chi connectivity index (χ0) is 13.7. The van der Waals surface area contributed by atoms with Crippen LogP contribution in [-0.4, -0.2) is 17.5 Å². The van der Waals surface area contributed by atoms with E-state index in [4.69, 9.17) is 10.5 Å². The van der Waals surface area contributed by atoms with Gasteiger partial charge in [-0.2, -0.15) is 0 Å². The van der Waals surface area contributed by atoms with E-state index < -0.39 is 0 Å². The summed E-state index contributed by atoms with van der Waals surface area (Å²) in [5.74, 6) is 0.215.